The lowest BCUT2D eigenvalue weighted by atomic mass is 10.5. The summed E-state index contributed by atoms with van der Waals surface area (Å²) < 4.78 is 9.17. The van der Waals surface area contributed by atoms with Crippen molar-refractivity contribution in [2.45, 2.75) is 6.29 Å². The normalized spacial score (nSPS) is 26.0. The van der Waals surface area contributed by atoms with Crippen LogP contribution in [0.3, 0.4) is 0 Å². The van der Waals surface area contributed by atoms with E-state index in [-0.39, 0.29) is 5.03 Å². The van der Waals surface area contributed by atoms with Crippen molar-refractivity contribution in [3.05, 3.63) is 11.1 Å². The predicted octanol–water partition coefficient (Wildman–Crippen LogP) is -0.409. The Hall–Kier alpha value is -0.620. The topological polar surface area (TPSA) is 67.8 Å². The average Bonchev–Trinajstić information content (AvgIpc) is 2.48. The Bertz CT molecular complexity index is 216. The van der Waals surface area contributed by atoms with Gasteiger partial charge in [0.05, 0.1) is 18.2 Å². The molecule has 0 bridgehead atoms. The van der Waals surface area contributed by atoms with Crippen LogP contribution in [0.5, 0.6) is 0 Å². The minimum atomic E-state index is -1.23. The maximum absolute atomic E-state index is 10.1. The molecule has 1 fully saturated rings. The molecule has 0 radical (unpaired) electrons. The number of cyclic esters (lactones) is 1. The summed E-state index contributed by atoms with van der Waals surface area (Å²) in [5, 5.41) is 11.7. The van der Waals surface area contributed by atoms with E-state index in [2.05, 4.69) is 10.1 Å². The first-order chi connectivity index (χ1) is 6.70. The van der Waals surface area contributed by atoms with Crippen molar-refractivity contribution in [3.8, 4) is 0 Å². The molecule has 2 aliphatic rings. The Morgan fingerprint density at radius 1 is 1.50 bits per heavy atom. The molecule has 0 amide bonds. The fourth-order valence-electron chi connectivity index (χ4n) is 0.900. The Kier molecular flexibility index (Phi) is 4.89. The third-order valence-electron chi connectivity index (χ3n) is 1.57. The monoisotopic (exact) mass is 221 g/mol. The Labute approximate surface area is 86.6 Å². The molecular formula is C8H12ClNO4. The van der Waals surface area contributed by atoms with E-state index in [0.717, 1.165) is 32.4 Å². The van der Waals surface area contributed by atoms with Crippen LogP contribution in [0.4, 0.5) is 0 Å². The van der Waals surface area contributed by atoms with Crippen molar-refractivity contribution in [3.63, 3.8) is 0 Å². The number of carbonyl (C=O) groups is 1. The molecule has 2 rings (SSSR count). The first kappa shape index (κ1) is 11.5. The van der Waals surface area contributed by atoms with Gasteiger partial charge in [-0.05, 0) is 0 Å². The number of hydrogen-bond acceptors (Lipinski definition) is 5. The van der Waals surface area contributed by atoms with Gasteiger partial charge in [-0.1, -0.05) is 11.6 Å². The van der Waals surface area contributed by atoms with E-state index in [1.54, 1.807) is 0 Å². The smallest absolute Gasteiger partial charge is 0.334 e. The van der Waals surface area contributed by atoms with Crippen molar-refractivity contribution in [1.29, 1.82) is 0 Å². The highest BCUT2D eigenvalue weighted by atomic mass is 35.5. The van der Waals surface area contributed by atoms with Gasteiger partial charge < -0.3 is 19.9 Å². The summed E-state index contributed by atoms with van der Waals surface area (Å²) in [4.78, 5) is 10.1. The molecule has 0 aliphatic carbocycles. The van der Waals surface area contributed by atoms with E-state index in [1.165, 1.54) is 0 Å². The molecule has 0 aromatic rings. The highest BCUT2D eigenvalue weighted by Gasteiger charge is 2.21. The fourth-order valence-corrected chi connectivity index (χ4v) is 1.03. The highest BCUT2D eigenvalue weighted by Crippen LogP contribution is 2.15. The first-order valence-corrected chi connectivity index (χ1v) is 4.62. The SMILES string of the molecule is C1COCCN1.O=C1C=C(Cl)C(O)O1. The van der Waals surface area contributed by atoms with Gasteiger partial charge in [0.2, 0.25) is 6.29 Å². The minimum absolute atomic E-state index is 0.0370. The Morgan fingerprint density at radius 3 is 2.29 bits per heavy atom. The summed E-state index contributed by atoms with van der Waals surface area (Å²) in [7, 11) is 0. The van der Waals surface area contributed by atoms with Crippen molar-refractivity contribution < 1.29 is 19.4 Å². The van der Waals surface area contributed by atoms with Gasteiger partial charge in [0.1, 0.15) is 0 Å². The molecule has 5 nitrogen and oxygen atoms in total. The summed E-state index contributed by atoms with van der Waals surface area (Å²) in [6.07, 6.45) is -0.198. The van der Waals surface area contributed by atoms with Crippen LogP contribution >= 0.6 is 11.6 Å². The second kappa shape index (κ2) is 5.98. The van der Waals surface area contributed by atoms with Crippen LogP contribution in [0.25, 0.3) is 0 Å². The van der Waals surface area contributed by atoms with E-state index in [0.29, 0.717) is 0 Å². The van der Waals surface area contributed by atoms with Gasteiger partial charge in [-0.2, -0.15) is 0 Å². The number of aliphatic hydroxyl groups excluding tert-OH is 1. The standard InChI is InChI=1S/C4H3ClO3.C4H9NO/c5-2-1-3(6)8-4(2)7;1-3-6-4-2-5-1/h1,4,7H;5H,1-4H2. The summed E-state index contributed by atoms with van der Waals surface area (Å²) in [6, 6.07) is 0. The molecule has 0 aromatic carbocycles. The molecule has 80 valence electrons. The quantitative estimate of drug-likeness (QED) is 0.545. The van der Waals surface area contributed by atoms with E-state index in [9.17, 15) is 4.79 Å². The van der Waals surface area contributed by atoms with Gasteiger partial charge in [-0.25, -0.2) is 4.79 Å². The van der Waals surface area contributed by atoms with Crippen LogP contribution in [0, 0.1) is 0 Å². The molecule has 2 aliphatic heterocycles. The zero-order valence-corrected chi connectivity index (χ0v) is 8.29. The molecule has 0 aromatic heterocycles. The van der Waals surface area contributed by atoms with E-state index >= 15 is 0 Å². The van der Waals surface area contributed by atoms with Gasteiger partial charge in [-0.15, -0.1) is 0 Å². The number of aliphatic hydroxyl groups is 1. The lowest BCUT2D eigenvalue weighted by molar-refractivity contribution is -0.150. The van der Waals surface area contributed by atoms with Crippen LogP contribution in [0.15, 0.2) is 11.1 Å². The minimum Gasteiger partial charge on any atom is -0.427 e. The second-order valence-electron chi connectivity index (χ2n) is 2.68. The van der Waals surface area contributed by atoms with Crippen LogP contribution in [-0.4, -0.2) is 43.7 Å². The third kappa shape index (κ3) is 4.06. The third-order valence-corrected chi connectivity index (χ3v) is 1.86. The molecule has 1 saturated heterocycles. The lowest BCUT2D eigenvalue weighted by Gasteiger charge is -2.10. The summed E-state index contributed by atoms with van der Waals surface area (Å²) in [5.74, 6) is -0.595. The number of morpholine rings is 1. The number of esters is 1. The maximum atomic E-state index is 10.1. The molecule has 2 N–H and O–H groups in total. The predicted molar refractivity (Wildman–Crippen MR) is 49.7 cm³/mol. The number of ether oxygens (including phenoxy) is 2. The number of rotatable bonds is 0. The second-order valence-corrected chi connectivity index (χ2v) is 3.12. The zero-order valence-electron chi connectivity index (χ0n) is 7.53. The van der Waals surface area contributed by atoms with Crippen LogP contribution in [-0.2, 0) is 14.3 Å². The fraction of sp³-hybridized carbons (Fsp3) is 0.625. The van der Waals surface area contributed by atoms with Crippen LogP contribution < -0.4 is 5.32 Å². The summed E-state index contributed by atoms with van der Waals surface area (Å²) in [6.45, 7) is 3.83. The Balaban J connectivity index is 0.000000146. The first-order valence-electron chi connectivity index (χ1n) is 4.24. The lowest BCUT2D eigenvalue weighted by Crippen LogP contribution is -2.30. The zero-order chi connectivity index (χ0) is 10.4. The van der Waals surface area contributed by atoms with Gasteiger partial charge in [0.15, 0.2) is 0 Å². The Morgan fingerprint density at radius 2 is 2.14 bits per heavy atom. The molecule has 0 spiro atoms. The average molecular weight is 222 g/mol. The number of hydrogen-bond donors (Lipinski definition) is 2. The molecule has 6 heteroatoms. The number of nitrogens with one attached hydrogen (secondary N) is 1. The van der Waals surface area contributed by atoms with Crippen molar-refractivity contribution >= 4 is 17.6 Å². The largest absolute Gasteiger partial charge is 0.427 e. The van der Waals surface area contributed by atoms with Crippen molar-refractivity contribution in [2.75, 3.05) is 26.3 Å². The van der Waals surface area contributed by atoms with Crippen LogP contribution in [0.2, 0.25) is 0 Å². The molecule has 14 heavy (non-hydrogen) atoms. The van der Waals surface area contributed by atoms with E-state index in [4.69, 9.17) is 21.4 Å². The van der Waals surface area contributed by atoms with Crippen LogP contribution in [0.1, 0.15) is 0 Å². The van der Waals surface area contributed by atoms with Gasteiger partial charge in [0.25, 0.3) is 0 Å². The van der Waals surface area contributed by atoms with Crippen molar-refractivity contribution in [1.82, 2.24) is 5.32 Å². The molecule has 2 heterocycles. The summed E-state index contributed by atoms with van der Waals surface area (Å²) >= 11 is 5.22. The maximum Gasteiger partial charge on any atom is 0.334 e. The number of halogens is 1. The number of carbonyl (C=O) groups excluding carboxylic acids is 1. The molecule has 0 saturated carbocycles. The molecule has 1 unspecified atom stereocenters. The van der Waals surface area contributed by atoms with Gasteiger partial charge in [-0.3, -0.25) is 0 Å². The van der Waals surface area contributed by atoms with Crippen molar-refractivity contribution in [2.24, 2.45) is 0 Å². The summed E-state index contributed by atoms with van der Waals surface area (Å²) in [5.41, 5.74) is 0. The van der Waals surface area contributed by atoms with E-state index in [1.807, 2.05) is 0 Å². The molecule has 1 atom stereocenters. The van der Waals surface area contributed by atoms with Gasteiger partial charge >= 0.3 is 5.97 Å². The van der Waals surface area contributed by atoms with E-state index < -0.39 is 12.3 Å². The van der Waals surface area contributed by atoms with Gasteiger partial charge in [0, 0.05) is 19.2 Å². The molecular weight excluding hydrogens is 210 g/mol. The highest BCUT2D eigenvalue weighted by molar-refractivity contribution is 6.32.